The van der Waals surface area contributed by atoms with E-state index in [1.165, 1.54) is 57.1 Å². The van der Waals surface area contributed by atoms with Gasteiger partial charge in [-0.2, -0.15) is 0 Å². The Morgan fingerprint density at radius 3 is 2.05 bits per heavy atom. The summed E-state index contributed by atoms with van der Waals surface area (Å²) in [4.78, 5) is 10.8. The largest absolute Gasteiger partial charge is 1.00 e. The van der Waals surface area contributed by atoms with Gasteiger partial charge in [-0.05, 0) is 18.9 Å². The van der Waals surface area contributed by atoms with Crippen molar-refractivity contribution in [1.29, 1.82) is 0 Å². The summed E-state index contributed by atoms with van der Waals surface area (Å²) in [6.07, 6.45) is 12.1. The molecule has 0 aliphatic heterocycles. The number of aromatic carboxylic acids is 1. The zero-order valence-corrected chi connectivity index (χ0v) is 17.2. The molecule has 0 atom stereocenters. The molecule has 1 rings (SSSR count). The predicted octanol–water partition coefficient (Wildman–Crippen LogP) is 1.54. The number of aryl methyl sites for hydroxylation is 1. The molecule has 22 heavy (non-hydrogen) atoms. The van der Waals surface area contributed by atoms with E-state index in [9.17, 15) is 9.90 Å². The number of carbonyl (C=O) groups is 1. The first-order chi connectivity index (χ1) is 10.1. The molecule has 0 bridgehead atoms. The van der Waals surface area contributed by atoms with E-state index in [1.807, 2.05) is 0 Å². The van der Waals surface area contributed by atoms with Gasteiger partial charge >= 0.3 is 57.4 Å². The van der Waals surface area contributed by atoms with Crippen molar-refractivity contribution in [2.24, 2.45) is 0 Å². The molecule has 0 aliphatic rings. The van der Waals surface area contributed by atoms with Crippen LogP contribution in [0.1, 0.15) is 80.6 Å². The summed E-state index contributed by atoms with van der Waals surface area (Å²) < 4.78 is 0. The Bertz CT molecular complexity index is 432. The van der Waals surface area contributed by atoms with Crippen LogP contribution in [0.5, 0.6) is 5.75 Å². The fraction of sp³-hybridized carbons (Fsp3) is 0.611. The third-order valence-corrected chi connectivity index (χ3v) is 3.86. The van der Waals surface area contributed by atoms with Gasteiger partial charge in [-0.25, -0.2) is 4.79 Å². The van der Waals surface area contributed by atoms with Crippen LogP contribution in [0.2, 0.25) is 0 Å². The number of hydrogen-bond acceptors (Lipinski definition) is 2. The molecule has 1 aromatic carbocycles. The first-order valence-corrected chi connectivity index (χ1v) is 8.18. The first-order valence-electron chi connectivity index (χ1n) is 8.18. The Morgan fingerprint density at radius 1 is 1.00 bits per heavy atom. The summed E-state index contributed by atoms with van der Waals surface area (Å²) in [6.45, 7) is 2.23. The van der Waals surface area contributed by atoms with Gasteiger partial charge in [0.2, 0.25) is 0 Å². The summed E-state index contributed by atoms with van der Waals surface area (Å²) in [7, 11) is 0. The summed E-state index contributed by atoms with van der Waals surface area (Å²) in [5.41, 5.74) is 0.818. The molecule has 0 saturated heterocycles. The van der Waals surface area contributed by atoms with E-state index in [2.05, 4.69) is 6.92 Å². The average Bonchev–Trinajstić information content (AvgIpc) is 2.46. The van der Waals surface area contributed by atoms with Crippen LogP contribution in [-0.4, -0.2) is 11.1 Å². The van der Waals surface area contributed by atoms with Crippen LogP contribution in [-0.2, 0) is 6.42 Å². The minimum Gasteiger partial charge on any atom is -0.872 e. The van der Waals surface area contributed by atoms with Gasteiger partial charge in [0.05, 0.1) is 5.56 Å². The van der Waals surface area contributed by atoms with Gasteiger partial charge in [0.25, 0.3) is 0 Å². The molecule has 1 aromatic rings. The molecule has 0 saturated carbocycles. The van der Waals surface area contributed by atoms with E-state index in [1.54, 1.807) is 6.07 Å². The second-order valence-electron chi connectivity index (χ2n) is 5.71. The maximum absolute atomic E-state index is 11.7. The maximum Gasteiger partial charge on any atom is 1.00 e. The number of carboxylic acids is 1. The standard InChI is InChI=1S/C18H28O3.K/c1-2-3-4-5-6-7-8-9-10-11-15-12-13-16(18(20)21)14-17(15)19;/h12-14,19H,2-11H2,1H3,(H,20,21);/q;+1/p-1. The van der Waals surface area contributed by atoms with Crippen molar-refractivity contribution in [3.8, 4) is 5.75 Å². The van der Waals surface area contributed by atoms with Gasteiger partial charge < -0.3 is 10.2 Å². The van der Waals surface area contributed by atoms with Crippen LogP contribution < -0.4 is 56.5 Å². The Labute approximate surface area is 176 Å². The fourth-order valence-corrected chi connectivity index (χ4v) is 2.52. The molecule has 4 heteroatoms. The van der Waals surface area contributed by atoms with Crippen LogP contribution in [0.15, 0.2) is 18.2 Å². The van der Waals surface area contributed by atoms with Gasteiger partial charge in [-0.3, -0.25) is 0 Å². The number of benzene rings is 1. The molecule has 0 heterocycles. The quantitative estimate of drug-likeness (QED) is 0.494. The summed E-state index contributed by atoms with van der Waals surface area (Å²) in [6, 6.07) is 4.41. The molecule has 0 amide bonds. The van der Waals surface area contributed by atoms with Gasteiger partial charge in [0.15, 0.2) is 0 Å². The third-order valence-electron chi connectivity index (χ3n) is 3.86. The third kappa shape index (κ3) is 9.31. The van der Waals surface area contributed by atoms with Gasteiger partial charge in [-0.15, -0.1) is 5.75 Å². The first kappa shape index (κ1) is 22.1. The maximum atomic E-state index is 11.7. The number of unbranched alkanes of at least 4 members (excludes halogenated alkanes) is 8. The molecule has 0 fully saturated rings. The van der Waals surface area contributed by atoms with E-state index in [4.69, 9.17) is 5.11 Å². The minimum atomic E-state index is -1.04. The molecule has 0 unspecified atom stereocenters. The predicted molar refractivity (Wildman–Crippen MR) is 83.8 cm³/mol. The van der Waals surface area contributed by atoms with Crippen LogP contribution >= 0.6 is 0 Å². The molecule has 3 nitrogen and oxygen atoms in total. The Morgan fingerprint density at radius 2 is 1.55 bits per heavy atom. The van der Waals surface area contributed by atoms with Crippen LogP contribution in [0.4, 0.5) is 0 Å². The normalized spacial score (nSPS) is 10.2. The Balaban J connectivity index is 0.00000441. The van der Waals surface area contributed by atoms with Crippen molar-refractivity contribution < 1.29 is 66.4 Å². The van der Waals surface area contributed by atoms with Crippen molar-refractivity contribution in [3.63, 3.8) is 0 Å². The van der Waals surface area contributed by atoms with Crippen molar-refractivity contribution >= 4 is 5.97 Å². The zero-order valence-electron chi connectivity index (χ0n) is 14.1. The fourth-order valence-electron chi connectivity index (χ4n) is 2.52. The van der Waals surface area contributed by atoms with Gasteiger partial charge in [0.1, 0.15) is 0 Å². The van der Waals surface area contributed by atoms with Crippen molar-refractivity contribution in [3.05, 3.63) is 29.3 Å². The van der Waals surface area contributed by atoms with Gasteiger partial charge in [-0.1, -0.05) is 76.0 Å². The second-order valence-corrected chi connectivity index (χ2v) is 5.71. The topological polar surface area (TPSA) is 60.4 Å². The van der Waals surface area contributed by atoms with Crippen molar-refractivity contribution in [1.82, 2.24) is 0 Å². The molecule has 0 spiro atoms. The van der Waals surface area contributed by atoms with Crippen LogP contribution in [0, 0.1) is 0 Å². The zero-order chi connectivity index (χ0) is 15.5. The summed E-state index contributed by atoms with van der Waals surface area (Å²) in [5.74, 6) is -1.18. The second kappa shape index (κ2) is 13.6. The summed E-state index contributed by atoms with van der Waals surface area (Å²) >= 11 is 0. The van der Waals surface area contributed by atoms with Crippen molar-refractivity contribution in [2.75, 3.05) is 0 Å². The van der Waals surface area contributed by atoms with Gasteiger partial charge in [0, 0.05) is 0 Å². The van der Waals surface area contributed by atoms with E-state index in [0.717, 1.165) is 24.8 Å². The Kier molecular flexibility index (Phi) is 13.6. The smallest absolute Gasteiger partial charge is 0.872 e. The number of carboxylic acid groups (broad SMARTS) is 1. The average molecular weight is 331 g/mol. The molecular weight excluding hydrogens is 303 g/mol. The van der Waals surface area contributed by atoms with E-state index >= 15 is 0 Å². The van der Waals surface area contributed by atoms with E-state index < -0.39 is 5.97 Å². The van der Waals surface area contributed by atoms with Crippen LogP contribution in [0.25, 0.3) is 0 Å². The molecule has 118 valence electrons. The monoisotopic (exact) mass is 330 g/mol. The van der Waals surface area contributed by atoms with Crippen LogP contribution in [0.3, 0.4) is 0 Å². The molecule has 0 aliphatic carbocycles. The Hall–Kier alpha value is 0.126. The SMILES string of the molecule is CCCCCCCCCCCc1ccc(C(=O)O)cc1[O-].[K+]. The number of rotatable bonds is 11. The summed E-state index contributed by atoms with van der Waals surface area (Å²) in [5, 5.41) is 20.6. The molecule has 1 N–H and O–H groups in total. The van der Waals surface area contributed by atoms with Crippen molar-refractivity contribution in [2.45, 2.75) is 71.1 Å². The molecule has 0 aromatic heterocycles. The van der Waals surface area contributed by atoms with E-state index in [0.29, 0.717) is 0 Å². The molecular formula is C18H27KO3. The number of hydrogen-bond donors (Lipinski definition) is 1. The minimum absolute atomic E-state index is 0. The molecule has 0 radical (unpaired) electrons. The van der Waals surface area contributed by atoms with E-state index in [-0.39, 0.29) is 62.7 Å².